The van der Waals surface area contributed by atoms with Gasteiger partial charge in [-0.05, 0) is 30.3 Å². The van der Waals surface area contributed by atoms with Gasteiger partial charge in [0.15, 0.2) is 6.61 Å². The molecule has 0 aliphatic heterocycles. The lowest BCUT2D eigenvalue weighted by Crippen LogP contribution is -2.34. The molecule has 0 aliphatic carbocycles. The Morgan fingerprint density at radius 2 is 1.79 bits per heavy atom. The monoisotopic (exact) mass is 434 g/mol. The Balaban J connectivity index is 1.87. The van der Waals surface area contributed by atoms with Gasteiger partial charge >= 0.3 is 12.6 Å². The minimum atomic E-state index is -3.97. The van der Waals surface area contributed by atoms with Crippen molar-refractivity contribution in [3.63, 3.8) is 0 Å². The van der Waals surface area contributed by atoms with E-state index in [0.29, 0.717) is 11.3 Å². The lowest BCUT2D eigenvalue weighted by molar-refractivity contribution is -0.123. The highest BCUT2D eigenvalue weighted by Crippen LogP contribution is 2.19. The minimum absolute atomic E-state index is 0.0167. The molecular weight excluding hydrogens is 422 g/mol. The minimum Gasteiger partial charge on any atom is -0.452 e. The molecule has 150 valence electrons. The predicted molar refractivity (Wildman–Crippen MR) is 91.5 cm³/mol. The van der Waals surface area contributed by atoms with Gasteiger partial charge in [-0.3, -0.25) is 14.9 Å². The molecule has 0 unspecified atom stereocenters. The first-order chi connectivity index (χ1) is 13.1. The molecule has 3 N–H and O–H groups in total. The lowest BCUT2D eigenvalue weighted by atomic mass is 10.2. The lowest BCUT2D eigenvalue weighted by Gasteiger charge is -2.07. The van der Waals surface area contributed by atoms with Gasteiger partial charge in [0, 0.05) is 10.9 Å². The summed E-state index contributed by atoms with van der Waals surface area (Å²) in [6, 6.07) is 5.55. The number of primary sulfonamides is 1. The van der Waals surface area contributed by atoms with Crippen molar-refractivity contribution in [3.8, 4) is 5.75 Å². The molecule has 0 atom stereocenters. The molecule has 13 heteroatoms. The van der Waals surface area contributed by atoms with E-state index in [-0.39, 0.29) is 21.1 Å². The Labute approximate surface area is 161 Å². The smallest absolute Gasteiger partial charge is 0.387 e. The second-order valence-electron chi connectivity index (χ2n) is 5.06. The molecule has 0 aliphatic rings. The van der Waals surface area contributed by atoms with Crippen molar-refractivity contribution < 1.29 is 41.1 Å². The predicted octanol–water partition coefficient (Wildman–Crippen LogP) is 1.11. The Morgan fingerprint density at radius 1 is 1.14 bits per heavy atom. The third-order valence-electron chi connectivity index (χ3n) is 3.02. The number of carbonyl (C=O) groups is 3. The van der Waals surface area contributed by atoms with Crippen LogP contribution in [0.1, 0.15) is 20.7 Å². The van der Waals surface area contributed by atoms with E-state index in [4.69, 9.17) is 5.14 Å². The van der Waals surface area contributed by atoms with Crippen LogP contribution in [0.5, 0.6) is 5.75 Å². The molecule has 0 spiro atoms. The first-order valence-corrected chi connectivity index (χ1v) is 9.66. The highest BCUT2D eigenvalue weighted by Gasteiger charge is 2.18. The number of sulfonamides is 1. The maximum absolute atomic E-state index is 12.1. The van der Waals surface area contributed by atoms with Crippen LogP contribution < -0.4 is 15.2 Å². The van der Waals surface area contributed by atoms with E-state index in [1.54, 1.807) is 0 Å². The summed E-state index contributed by atoms with van der Waals surface area (Å²) < 4.78 is 55.0. The van der Waals surface area contributed by atoms with Crippen LogP contribution >= 0.6 is 11.3 Å². The number of hydrogen-bond acceptors (Lipinski definition) is 8. The van der Waals surface area contributed by atoms with Crippen LogP contribution in [0.2, 0.25) is 0 Å². The number of nitrogens with two attached hydrogens (primary N) is 1. The summed E-state index contributed by atoms with van der Waals surface area (Å²) in [5, 5.41) is 8.04. The third kappa shape index (κ3) is 6.07. The Morgan fingerprint density at radius 3 is 2.32 bits per heavy atom. The van der Waals surface area contributed by atoms with Crippen molar-refractivity contribution in [1.29, 1.82) is 0 Å². The van der Waals surface area contributed by atoms with Gasteiger partial charge in [-0.15, -0.1) is 11.3 Å². The van der Waals surface area contributed by atoms with Crippen LogP contribution in [-0.2, 0) is 19.6 Å². The fourth-order valence-electron chi connectivity index (χ4n) is 1.81. The first-order valence-electron chi connectivity index (χ1n) is 7.24. The van der Waals surface area contributed by atoms with Crippen LogP contribution in [0.4, 0.5) is 8.78 Å². The quantitative estimate of drug-likeness (QED) is 0.622. The molecule has 9 nitrogen and oxygen atoms in total. The largest absolute Gasteiger partial charge is 0.452 e. The normalized spacial score (nSPS) is 11.1. The number of alkyl halides is 2. The second-order valence-corrected chi connectivity index (χ2v) is 7.76. The fourth-order valence-corrected chi connectivity index (χ4v) is 3.38. The third-order valence-corrected chi connectivity index (χ3v) is 5.41. The summed E-state index contributed by atoms with van der Waals surface area (Å²) in [5.41, 5.74) is -0.139. The number of amides is 2. The number of benzene rings is 1. The summed E-state index contributed by atoms with van der Waals surface area (Å²) in [5.74, 6) is -2.95. The van der Waals surface area contributed by atoms with Gasteiger partial charge in [-0.1, -0.05) is 0 Å². The maximum atomic E-state index is 12.1. The molecule has 28 heavy (non-hydrogen) atoms. The van der Waals surface area contributed by atoms with Crippen molar-refractivity contribution in [2.75, 3.05) is 6.61 Å². The van der Waals surface area contributed by atoms with Gasteiger partial charge < -0.3 is 9.47 Å². The number of carbonyl (C=O) groups excluding carboxylic acids is 3. The Bertz CT molecular complexity index is 988. The van der Waals surface area contributed by atoms with Gasteiger partial charge in [0.05, 0.1) is 5.56 Å². The number of ether oxygens (including phenoxy) is 2. The molecule has 2 rings (SSSR count). The van der Waals surface area contributed by atoms with Crippen molar-refractivity contribution >= 4 is 39.1 Å². The highest BCUT2D eigenvalue weighted by molar-refractivity contribution is 7.91. The van der Waals surface area contributed by atoms with Crippen LogP contribution in [0, 0.1) is 0 Å². The molecule has 1 aromatic carbocycles. The number of hydrogen-bond donors (Lipinski definition) is 2. The van der Waals surface area contributed by atoms with Crippen molar-refractivity contribution in [1.82, 2.24) is 5.32 Å². The number of thiophene rings is 1. The maximum Gasteiger partial charge on any atom is 0.387 e. The SMILES string of the molecule is NS(=O)(=O)c1cc(C(=O)OCC(=O)NC(=O)c2ccc(OC(F)F)cc2)cs1. The zero-order valence-electron chi connectivity index (χ0n) is 13.8. The Kier molecular flexibility index (Phi) is 6.77. The molecular formula is C15H12F2N2O7S2. The van der Waals surface area contributed by atoms with E-state index in [2.05, 4.69) is 9.47 Å². The number of nitrogens with one attached hydrogen (secondary N) is 1. The average molecular weight is 434 g/mol. The summed E-state index contributed by atoms with van der Waals surface area (Å²) in [7, 11) is -3.97. The molecule has 2 aromatic rings. The first kappa shape index (κ1) is 21.4. The molecule has 0 saturated carbocycles. The van der Waals surface area contributed by atoms with Crippen LogP contribution in [0.25, 0.3) is 0 Å². The van der Waals surface area contributed by atoms with E-state index in [9.17, 15) is 31.6 Å². The molecule has 1 aromatic heterocycles. The molecule has 0 fully saturated rings. The number of imide groups is 1. The second kappa shape index (κ2) is 8.86. The zero-order valence-corrected chi connectivity index (χ0v) is 15.4. The van der Waals surface area contributed by atoms with E-state index in [1.807, 2.05) is 5.32 Å². The van der Waals surface area contributed by atoms with Gasteiger partial charge in [0.2, 0.25) is 10.0 Å². The molecule has 1 heterocycles. The van der Waals surface area contributed by atoms with E-state index < -0.39 is 41.0 Å². The van der Waals surface area contributed by atoms with Gasteiger partial charge in [0.25, 0.3) is 11.8 Å². The Hall–Kier alpha value is -2.90. The van der Waals surface area contributed by atoms with Gasteiger partial charge in [0.1, 0.15) is 9.96 Å². The van der Waals surface area contributed by atoms with E-state index in [1.165, 1.54) is 5.38 Å². The zero-order chi connectivity index (χ0) is 20.9. The topological polar surface area (TPSA) is 142 Å². The van der Waals surface area contributed by atoms with E-state index in [0.717, 1.165) is 30.3 Å². The van der Waals surface area contributed by atoms with Crippen LogP contribution in [-0.4, -0.2) is 39.4 Å². The summed E-state index contributed by atoms with van der Waals surface area (Å²) in [4.78, 5) is 35.3. The van der Waals surface area contributed by atoms with Crippen LogP contribution in [0.15, 0.2) is 39.9 Å². The molecule has 0 bridgehead atoms. The highest BCUT2D eigenvalue weighted by atomic mass is 32.2. The fraction of sp³-hybridized carbons (Fsp3) is 0.133. The van der Waals surface area contributed by atoms with Gasteiger partial charge in [-0.25, -0.2) is 18.4 Å². The van der Waals surface area contributed by atoms with Crippen molar-refractivity contribution in [2.24, 2.45) is 5.14 Å². The van der Waals surface area contributed by atoms with Crippen molar-refractivity contribution in [2.45, 2.75) is 10.8 Å². The molecule has 2 amide bonds. The summed E-state index contributed by atoms with van der Waals surface area (Å²) in [6.07, 6.45) is 0. The van der Waals surface area contributed by atoms with E-state index >= 15 is 0 Å². The van der Waals surface area contributed by atoms with Crippen molar-refractivity contribution in [3.05, 3.63) is 46.8 Å². The summed E-state index contributed by atoms with van der Waals surface area (Å²) in [6.45, 7) is -3.82. The van der Waals surface area contributed by atoms with Gasteiger partial charge in [-0.2, -0.15) is 8.78 Å². The number of rotatable bonds is 7. The molecule has 0 radical (unpaired) electrons. The molecule has 0 saturated heterocycles. The van der Waals surface area contributed by atoms with Crippen LogP contribution in [0.3, 0.4) is 0 Å². The summed E-state index contributed by atoms with van der Waals surface area (Å²) >= 11 is 0.706. The average Bonchev–Trinajstić information content (AvgIpc) is 3.10. The number of esters is 1. The number of halogens is 2. The standard InChI is InChI=1S/C15H12F2N2O7S2/c16-15(17)26-10-3-1-8(2-4-10)13(21)19-11(20)6-25-14(22)9-5-12(27-7-9)28(18,23)24/h1-5,7,15H,6H2,(H2,18,23,24)(H,19,20,21).